The lowest BCUT2D eigenvalue weighted by Crippen LogP contribution is -2.03. The van der Waals surface area contributed by atoms with Crippen LogP contribution in [0.4, 0.5) is 0 Å². The third-order valence-electron chi connectivity index (χ3n) is 1.35. The molecule has 1 aromatic heterocycles. The van der Waals surface area contributed by atoms with Gasteiger partial charge in [0.2, 0.25) is 0 Å². The highest BCUT2D eigenvalue weighted by Crippen LogP contribution is 2.06. The highest BCUT2D eigenvalue weighted by atomic mass is 35.5. The van der Waals surface area contributed by atoms with Gasteiger partial charge in [0.25, 0.3) is 0 Å². The van der Waals surface area contributed by atoms with Crippen LogP contribution in [0.15, 0.2) is 16.5 Å². The molecule has 0 N–H and O–H groups in total. The van der Waals surface area contributed by atoms with Gasteiger partial charge in [0.05, 0.1) is 21.2 Å². The van der Waals surface area contributed by atoms with E-state index in [0.29, 0.717) is 10.8 Å². The summed E-state index contributed by atoms with van der Waals surface area (Å²) < 4.78 is 15.2. The van der Waals surface area contributed by atoms with Crippen LogP contribution in [-0.4, -0.2) is 20.7 Å². The van der Waals surface area contributed by atoms with E-state index in [4.69, 9.17) is 18.0 Å². The molecular weight excluding hydrogens is 222 g/mol. The van der Waals surface area contributed by atoms with E-state index >= 15 is 0 Å². The first-order valence-corrected chi connectivity index (χ1v) is 6.13. The SMILES string of the molecule is C#CN=S(C)(=O)Cc1ccc(Cl)nn1. The maximum atomic E-state index is 11.6. The number of aromatic nitrogens is 2. The van der Waals surface area contributed by atoms with Crippen molar-refractivity contribution in [1.29, 1.82) is 0 Å². The molecule has 6 heteroatoms. The Balaban J connectivity index is 2.91. The summed E-state index contributed by atoms with van der Waals surface area (Å²) in [4.78, 5) is 0. The van der Waals surface area contributed by atoms with Crippen LogP contribution in [0.2, 0.25) is 5.15 Å². The van der Waals surface area contributed by atoms with E-state index in [1.54, 1.807) is 12.1 Å². The number of nitrogens with zero attached hydrogens (tertiary/aromatic N) is 3. The van der Waals surface area contributed by atoms with E-state index in [-0.39, 0.29) is 5.75 Å². The first kappa shape index (κ1) is 11.0. The molecule has 0 spiro atoms. The largest absolute Gasteiger partial charge is 0.249 e. The van der Waals surface area contributed by atoms with Crippen molar-refractivity contribution in [1.82, 2.24) is 10.2 Å². The third kappa shape index (κ3) is 3.32. The molecule has 0 aliphatic rings. The Morgan fingerprint density at radius 2 is 2.36 bits per heavy atom. The maximum Gasteiger partial charge on any atom is 0.151 e. The van der Waals surface area contributed by atoms with Gasteiger partial charge in [0.1, 0.15) is 0 Å². The molecular formula is C8H8ClN3OS. The van der Waals surface area contributed by atoms with Crippen LogP contribution in [-0.2, 0) is 15.5 Å². The molecule has 0 aliphatic heterocycles. The Morgan fingerprint density at radius 3 is 2.86 bits per heavy atom. The zero-order chi connectivity index (χ0) is 10.6. The molecule has 1 heterocycles. The molecule has 1 aromatic rings. The van der Waals surface area contributed by atoms with Crippen LogP contribution in [0.5, 0.6) is 0 Å². The molecule has 4 nitrogen and oxygen atoms in total. The summed E-state index contributed by atoms with van der Waals surface area (Å²) >= 11 is 5.54. The molecule has 0 bridgehead atoms. The smallest absolute Gasteiger partial charge is 0.151 e. The Kier molecular flexibility index (Phi) is 3.44. The number of rotatable bonds is 2. The van der Waals surface area contributed by atoms with Crippen molar-refractivity contribution in [3.8, 4) is 12.5 Å². The van der Waals surface area contributed by atoms with Crippen LogP contribution < -0.4 is 0 Å². The quantitative estimate of drug-likeness (QED) is 0.719. The molecule has 0 amide bonds. The second kappa shape index (κ2) is 4.40. The van der Waals surface area contributed by atoms with E-state index < -0.39 is 9.73 Å². The lowest BCUT2D eigenvalue weighted by Gasteiger charge is -2.00. The summed E-state index contributed by atoms with van der Waals surface area (Å²) in [7, 11) is -2.40. The first-order valence-electron chi connectivity index (χ1n) is 3.66. The minimum Gasteiger partial charge on any atom is -0.249 e. The van der Waals surface area contributed by atoms with Crippen LogP contribution in [0.3, 0.4) is 0 Å². The summed E-state index contributed by atoms with van der Waals surface area (Å²) in [5.41, 5.74) is 0.556. The number of hydrogen-bond donors (Lipinski definition) is 0. The number of terminal acetylenes is 1. The highest BCUT2D eigenvalue weighted by Gasteiger charge is 2.04. The van der Waals surface area contributed by atoms with E-state index in [1.807, 2.05) is 6.04 Å². The second-order valence-corrected chi connectivity index (χ2v) is 5.45. The Labute approximate surface area is 87.9 Å². The molecule has 14 heavy (non-hydrogen) atoms. The van der Waals surface area contributed by atoms with Gasteiger partial charge in [-0.2, -0.15) is 5.10 Å². The van der Waals surface area contributed by atoms with Crippen molar-refractivity contribution in [2.24, 2.45) is 4.36 Å². The van der Waals surface area contributed by atoms with Crippen LogP contribution in [0, 0.1) is 12.5 Å². The van der Waals surface area contributed by atoms with Gasteiger partial charge in [-0.05, 0) is 12.1 Å². The van der Waals surface area contributed by atoms with Gasteiger partial charge in [-0.25, -0.2) is 4.21 Å². The monoisotopic (exact) mass is 229 g/mol. The average Bonchev–Trinajstić information content (AvgIpc) is 2.08. The first-order chi connectivity index (χ1) is 6.53. The number of hydrogen-bond acceptors (Lipinski definition) is 4. The minimum atomic E-state index is -2.40. The van der Waals surface area contributed by atoms with Gasteiger partial charge in [0, 0.05) is 12.3 Å². The van der Waals surface area contributed by atoms with Crippen molar-refractivity contribution in [2.45, 2.75) is 5.75 Å². The molecule has 1 unspecified atom stereocenters. The van der Waals surface area contributed by atoms with Crippen molar-refractivity contribution < 1.29 is 4.21 Å². The Bertz CT molecular complexity index is 468. The van der Waals surface area contributed by atoms with E-state index in [2.05, 4.69) is 14.6 Å². The minimum absolute atomic E-state index is 0.182. The van der Waals surface area contributed by atoms with Crippen molar-refractivity contribution in [2.75, 3.05) is 6.26 Å². The van der Waals surface area contributed by atoms with Gasteiger partial charge in [-0.1, -0.05) is 18.0 Å². The summed E-state index contributed by atoms with van der Waals surface area (Å²) in [5.74, 6) is 0.182. The molecule has 0 saturated carbocycles. The Morgan fingerprint density at radius 1 is 1.64 bits per heavy atom. The number of halogens is 1. The lowest BCUT2D eigenvalue weighted by atomic mass is 10.4. The summed E-state index contributed by atoms with van der Waals surface area (Å²) in [5, 5.41) is 7.67. The van der Waals surface area contributed by atoms with Gasteiger partial charge in [-0.15, -0.1) is 9.46 Å². The van der Waals surface area contributed by atoms with Crippen LogP contribution >= 0.6 is 11.6 Å². The fraction of sp³-hybridized carbons (Fsp3) is 0.250. The van der Waals surface area contributed by atoms with E-state index in [0.717, 1.165) is 0 Å². The summed E-state index contributed by atoms with van der Waals surface area (Å²) in [6.07, 6.45) is 6.41. The average molecular weight is 230 g/mol. The van der Waals surface area contributed by atoms with Gasteiger partial charge in [0.15, 0.2) is 5.15 Å². The van der Waals surface area contributed by atoms with Crippen molar-refractivity contribution in [3.05, 3.63) is 23.0 Å². The standard InChI is InChI=1S/C8H8ClN3OS/c1-3-10-14(2,13)6-7-4-5-8(9)12-11-7/h1,4-5H,6H2,2H3. The van der Waals surface area contributed by atoms with Gasteiger partial charge in [-0.3, -0.25) is 0 Å². The van der Waals surface area contributed by atoms with Crippen LogP contribution in [0.25, 0.3) is 0 Å². The highest BCUT2D eigenvalue weighted by molar-refractivity contribution is 7.92. The zero-order valence-corrected chi connectivity index (χ0v) is 9.05. The molecule has 0 radical (unpaired) electrons. The van der Waals surface area contributed by atoms with Crippen molar-refractivity contribution in [3.63, 3.8) is 0 Å². The van der Waals surface area contributed by atoms with Crippen LogP contribution in [0.1, 0.15) is 5.69 Å². The second-order valence-electron chi connectivity index (χ2n) is 2.67. The topological polar surface area (TPSA) is 55.2 Å². The molecule has 0 aromatic carbocycles. The zero-order valence-electron chi connectivity index (χ0n) is 7.48. The molecule has 74 valence electrons. The molecule has 0 fully saturated rings. The third-order valence-corrected chi connectivity index (χ3v) is 2.87. The van der Waals surface area contributed by atoms with Crippen molar-refractivity contribution >= 4 is 21.3 Å². The predicted molar refractivity (Wildman–Crippen MR) is 56.1 cm³/mol. The lowest BCUT2D eigenvalue weighted by molar-refractivity contribution is 0.679. The normalized spacial score (nSPS) is 14.1. The maximum absolute atomic E-state index is 11.6. The molecule has 1 atom stereocenters. The molecule has 0 saturated heterocycles. The van der Waals surface area contributed by atoms with E-state index in [1.165, 1.54) is 6.26 Å². The molecule has 0 aliphatic carbocycles. The molecule has 1 rings (SSSR count). The summed E-state index contributed by atoms with van der Waals surface area (Å²) in [6.45, 7) is 0. The fourth-order valence-electron chi connectivity index (χ4n) is 0.839. The predicted octanol–water partition coefficient (Wildman–Crippen LogP) is 1.32. The van der Waals surface area contributed by atoms with Gasteiger partial charge < -0.3 is 0 Å². The summed E-state index contributed by atoms with van der Waals surface area (Å²) in [6, 6.07) is 5.24. The van der Waals surface area contributed by atoms with E-state index in [9.17, 15) is 4.21 Å². The van der Waals surface area contributed by atoms with Gasteiger partial charge >= 0.3 is 0 Å². The Hall–Kier alpha value is -1.12. The fourth-order valence-corrected chi connectivity index (χ4v) is 1.93.